The van der Waals surface area contributed by atoms with Crippen LogP contribution in [0.5, 0.6) is 0 Å². The van der Waals surface area contributed by atoms with E-state index in [1.165, 1.54) is 0 Å². The molecule has 0 bridgehead atoms. The van der Waals surface area contributed by atoms with E-state index in [0.29, 0.717) is 6.61 Å². The van der Waals surface area contributed by atoms with Crippen LogP contribution in [0.4, 0.5) is 5.82 Å². The van der Waals surface area contributed by atoms with Gasteiger partial charge in [-0.1, -0.05) is 6.07 Å². The lowest BCUT2D eigenvalue weighted by molar-refractivity contribution is 0.181. The van der Waals surface area contributed by atoms with Crippen LogP contribution < -0.4 is 4.90 Å². The molecule has 0 saturated carbocycles. The third-order valence-electron chi connectivity index (χ3n) is 2.67. The molecule has 1 aromatic heterocycles. The maximum atomic E-state index is 9.67. The summed E-state index contributed by atoms with van der Waals surface area (Å²) in [6, 6.07) is 3.95. The first kappa shape index (κ1) is 12.9. The van der Waals surface area contributed by atoms with Crippen molar-refractivity contribution in [1.82, 2.24) is 4.98 Å². The van der Waals surface area contributed by atoms with Crippen molar-refractivity contribution in [1.29, 1.82) is 0 Å². The van der Waals surface area contributed by atoms with Crippen molar-refractivity contribution < 1.29 is 9.84 Å². The summed E-state index contributed by atoms with van der Waals surface area (Å²) < 4.78 is 5.11. The first-order valence-electron chi connectivity index (χ1n) is 5.42. The quantitative estimate of drug-likeness (QED) is 0.825. The van der Waals surface area contributed by atoms with Crippen LogP contribution in [-0.2, 0) is 4.74 Å². The number of anilines is 1. The second-order valence-corrected chi connectivity index (χ2v) is 4.01. The van der Waals surface area contributed by atoms with Crippen LogP contribution in [0.15, 0.2) is 18.3 Å². The Labute approximate surface area is 96.9 Å². The Hall–Kier alpha value is -1.13. The van der Waals surface area contributed by atoms with E-state index < -0.39 is 6.10 Å². The molecule has 16 heavy (non-hydrogen) atoms. The van der Waals surface area contributed by atoms with E-state index in [9.17, 15) is 5.11 Å². The molecule has 0 amide bonds. The molecule has 1 rings (SSSR count). The van der Waals surface area contributed by atoms with Crippen LogP contribution in [-0.4, -0.2) is 36.9 Å². The van der Waals surface area contributed by atoms with Crippen molar-refractivity contribution in [2.45, 2.75) is 26.0 Å². The van der Waals surface area contributed by atoms with Gasteiger partial charge in [0, 0.05) is 25.9 Å². The standard InChI is InChI=1S/C12H20N2O2/c1-9(8-16-4)14(3)12-11(10(2)15)6-5-7-13-12/h5-7,9-10,15H,8H2,1-4H3/t9?,10-/m1/s1. The molecule has 1 aromatic rings. The van der Waals surface area contributed by atoms with E-state index >= 15 is 0 Å². The third-order valence-corrected chi connectivity index (χ3v) is 2.67. The van der Waals surface area contributed by atoms with Crippen molar-refractivity contribution in [3.8, 4) is 0 Å². The van der Waals surface area contributed by atoms with Gasteiger partial charge in [-0.25, -0.2) is 4.98 Å². The number of methoxy groups -OCH3 is 1. The summed E-state index contributed by atoms with van der Waals surface area (Å²) in [6.45, 7) is 4.44. The molecule has 0 spiro atoms. The number of aromatic nitrogens is 1. The number of nitrogens with zero attached hydrogens (tertiary/aromatic N) is 2. The van der Waals surface area contributed by atoms with Crippen LogP contribution >= 0.6 is 0 Å². The van der Waals surface area contributed by atoms with Gasteiger partial charge in [0.15, 0.2) is 0 Å². The van der Waals surface area contributed by atoms with Gasteiger partial charge in [0.05, 0.1) is 18.8 Å². The van der Waals surface area contributed by atoms with Gasteiger partial charge in [-0.15, -0.1) is 0 Å². The molecule has 1 heterocycles. The van der Waals surface area contributed by atoms with Crippen LogP contribution in [0.2, 0.25) is 0 Å². The van der Waals surface area contributed by atoms with E-state index in [4.69, 9.17) is 4.74 Å². The second kappa shape index (κ2) is 5.82. The minimum absolute atomic E-state index is 0.220. The summed E-state index contributed by atoms with van der Waals surface area (Å²) >= 11 is 0. The fourth-order valence-corrected chi connectivity index (χ4v) is 1.59. The lowest BCUT2D eigenvalue weighted by atomic mass is 10.1. The van der Waals surface area contributed by atoms with E-state index in [2.05, 4.69) is 11.9 Å². The average molecular weight is 224 g/mol. The highest BCUT2D eigenvalue weighted by Crippen LogP contribution is 2.23. The Morgan fingerprint density at radius 2 is 2.19 bits per heavy atom. The average Bonchev–Trinajstić information content (AvgIpc) is 2.28. The first-order chi connectivity index (χ1) is 7.57. The highest BCUT2D eigenvalue weighted by atomic mass is 16.5. The summed E-state index contributed by atoms with van der Waals surface area (Å²) in [5.74, 6) is 0.807. The normalized spacial score (nSPS) is 14.6. The maximum Gasteiger partial charge on any atom is 0.134 e. The topological polar surface area (TPSA) is 45.6 Å². The van der Waals surface area contributed by atoms with Crippen molar-refractivity contribution >= 4 is 5.82 Å². The molecule has 4 nitrogen and oxygen atoms in total. The Kier molecular flexibility index (Phi) is 4.71. The van der Waals surface area contributed by atoms with Crippen molar-refractivity contribution in [2.24, 2.45) is 0 Å². The number of hydrogen-bond acceptors (Lipinski definition) is 4. The number of hydrogen-bond donors (Lipinski definition) is 1. The van der Waals surface area contributed by atoms with Gasteiger partial charge < -0.3 is 14.7 Å². The van der Waals surface area contributed by atoms with Crippen LogP contribution in [0.25, 0.3) is 0 Å². The second-order valence-electron chi connectivity index (χ2n) is 4.01. The molecule has 0 aliphatic heterocycles. The molecule has 0 radical (unpaired) electrons. The zero-order valence-corrected chi connectivity index (χ0v) is 10.3. The molecule has 0 aliphatic rings. The SMILES string of the molecule is COCC(C)N(C)c1ncccc1[C@@H](C)O. The van der Waals surface area contributed by atoms with Crippen molar-refractivity contribution in [3.63, 3.8) is 0 Å². The number of aliphatic hydroxyl groups excluding tert-OH is 1. The molecule has 4 heteroatoms. The molecule has 90 valence electrons. The largest absolute Gasteiger partial charge is 0.389 e. The fraction of sp³-hybridized carbons (Fsp3) is 0.583. The van der Waals surface area contributed by atoms with E-state index in [-0.39, 0.29) is 6.04 Å². The van der Waals surface area contributed by atoms with Gasteiger partial charge in [0.25, 0.3) is 0 Å². The van der Waals surface area contributed by atoms with Crippen LogP contribution in [0.3, 0.4) is 0 Å². The third kappa shape index (κ3) is 2.93. The molecule has 0 aliphatic carbocycles. The first-order valence-corrected chi connectivity index (χ1v) is 5.42. The van der Waals surface area contributed by atoms with Gasteiger partial charge in [-0.05, 0) is 19.9 Å². The van der Waals surface area contributed by atoms with Gasteiger partial charge in [0.1, 0.15) is 5.82 Å². The number of likely N-dealkylation sites (N-methyl/N-ethyl adjacent to an activating group) is 1. The Bertz CT molecular complexity index is 329. The smallest absolute Gasteiger partial charge is 0.134 e. The van der Waals surface area contributed by atoms with Crippen LogP contribution in [0.1, 0.15) is 25.5 Å². The van der Waals surface area contributed by atoms with Gasteiger partial charge in [-0.3, -0.25) is 0 Å². The van der Waals surface area contributed by atoms with E-state index in [1.54, 1.807) is 20.2 Å². The molecule has 0 aromatic carbocycles. The van der Waals surface area contributed by atoms with E-state index in [1.807, 2.05) is 24.1 Å². The molecule has 0 saturated heterocycles. The molecular formula is C12H20N2O2. The molecule has 0 fully saturated rings. The molecular weight excluding hydrogens is 204 g/mol. The summed E-state index contributed by atoms with van der Waals surface area (Å²) in [5.41, 5.74) is 0.841. The predicted molar refractivity (Wildman–Crippen MR) is 64.6 cm³/mol. The molecule has 1 N–H and O–H groups in total. The van der Waals surface area contributed by atoms with Gasteiger partial charge >= 0.3 is 0 Å². The Morgan fingerprint density at radius 3 is 2.75 bits per heavy atom. The monoisotopic (exact) mass is 224 g/mol. The summed E-state index contributed by atoms with van der Waals surface area (Å²) in [5, 5.41) is 9.67. The van der Waals surface area contributed by atoms with Gasteiger partial charge in [-0.2, -0.15) is 0 Å². The lowest BCUT2D eigenvalue weighted by Gasteiger charge is -2.27. The summed E-state index contributed by atoms with van der Waals surface area (Å²) in [4.78, 5) is 6.33. The molecule has 2 atom stereocenters. The number of rotatable bonds is 5. The highest BCUT2D eigenvalue weighted by molar-refractivity contribution is 5.47. The zero-order chi connectivity index (χ0) is 12.1. The van der Waals surface area contributed by atoms with Crippen LogP contribution in [0, 0.1) is 0 Å². The Balaban J connectivity index is 2.93. The number of aliphatic hydroxyl groups is 1. The Morgan fingerprint density at radius 1 is 1.50 bits per heavy atom. The number of pyridine rings is 1. The minimum atomic E-state index is -0.513. The van der Waals surface area contributed by atoms with Crippen molar-refractivity contribution in [3.05, 3.63) is 23.9 Å². The predicted octanol–water partition coefficient (Wildman–Crippen LogP) is 1.61. The summed E-state index contributed by atoms with van der Waals surface area (Å²) in [6.07, 6.45) is 1.22. The lowest BCUT2D eigenvalue weighted by Crippen LogP contribution is -2.34. The van der Waals surface area contributed by atoms with Gasteiger partial charge in [0.2, 0.25) is 0 Å². The highest BCUT2D eigenvalue weighted by Gasteiger charge is 2.16. The fourth-order valence-electron chi connectivity index (χ4n) is 1.59. The zero-order valence-electron chi connectivity index (χ0n) is 10.3. The molecule has 1 unspecified atom stereocenters. The van der Waals surface area contributed by atoms with Crippen molar-refractivity contribution in [2.75, 3.05) is 25.7 Å². The van der Waals surface area contributed by atoms with E-state index in [0.717, 1.165) is 11.4 Å². The minimum Gasteiger partial charge on any atom is -0.389 e. The number of ether oxygens (including phenoxy) is 1. The summed E-state index contributed by atoms with van der Waals surface area (Å²) in [7, 11) is 3.64. The maximum absolute atomic E-state index is 9.67.